The van der Waals surface area contributed by atoms with Crippen molar-refractivity contribution in [2.75, 3.05) is 7.11 Å². The third-order valence-corrected chi connectivity index (χ3v) is 2.81. The van der Waals surface area contributed by atoms with E-state index in [9.17, 15) is 9.59 Å². The number of benzene rings is 1. The molecule has 0 aliphatic carbocycles. The van der Waals surface area contributed by atoms with E-state index in [1.54, 1.807) is 38.1 Å². The van der Waals surface area contributed by atoms with E-state index in [4.69, 9.17) is 9.84 Å². The van der Waals surface area contributed by atoms with E-state index in [0.717, 1.165) is 0 Å². The molecule has 1 aromatic carbocycles. The Bertz CT molecular complexity index is 430. The molecule has 0 aliphatic heterocycles. The summed E-state index contributed by atoms with van der Waals surface area (Å²) in [7, 11) is 1.42. The zero-order valence-electron chi connectivity index (χ0n) is 11.3. The molecule has 5 heteroatoms. The predicted molar refractivity (Wildman–Crippen MR) is 70.6 cm³/mol. The largest absolute Gasteiger partial charge is 0.480 e. The number of carbonyl (C=O) groups is 2. The van der Waals surface area contributed by atoms with Gasteiger partial charge in [-0.05, 0) is 11.5 Å². The van der Waals surface area contributed by atoms with Crippen LogP contribution in [0.15, 0.2) is 30.3 Å². The van der Waals surface area contributed by atoms with Gasteiger partial charge in [-0.3, -0.25) is 4.79 Å². The molecule has 0 spiro atoms. The monoisotopic (exact) mass is 265 g/mol. The lowest BCUT2D eigenvalue weighted by atomic mass is 10.0. The lowest BCUT2D eigenvalue weighted by Crippen LogP contribution is -2.46. The van der Waals surface area contributed by atoms with Crippen LogP contribution in [0.25, 0.3) is 0 Å². The van der Waals surface area contributed by atoms with Gasteiger partial charge in [0, 0.05) is 7.11 Å². The Hall–Kier alpha value is -1.88. The van der Waals surface area contributed by atoms with Gasteiger partial charge in [0.05, 0.1) is 0 Å². The minimum atomic E-state index is -1.05. The standard InChI is InChI=1S/C14H19NO4/c1-9(2)11(14(17)18)15-13(16)12(19-3)10-7-5-4-6-8-10/h4-9,11-12H,1-3H3,(H,15,16)(H,17,18)/t11-,12?/m1/s1. The number of rotatable bonds is 6. The Morgan fingerprint density at radius 1 is 1.21 bits per heavy atom. The van der Waals surface area contributed by atoms with Crippen molar-refractivity contribution in [1.29, 1.82) is 0 Å². The van der Waals surface area contributed by atoms with E-state index in [-0.39, 0.29) is 5.92 Å². The molecule has 5 nitrogen and oxygen atoms in total. The van der Waals surface area contributed by atoms with Gasteiger partial charge in [-0.2, -0.15) is 0 Å². The first-order valence-corrected chi connectivity index (χ1v) is 6.08. The summed E-state index contributed by atoms with van der Waals surface area (Å²) >= 11 is 0. The highest BCUT2D eigenvalue weighted by atomic mass is 16.5. The van der Waals surface area contributed by atoms with Gasteiger partial charge in [0.1, 0.15) is 6.04 Å². The molecule has 0 radical (unpaired) electrons. The first-order valence-electron chi connectivity index (χ1n) is 6.08. The Kier molecular flexibility index (Phi) is 5.51. The molecule has 0 fully saturated rings. The lowest BCUT2D eigenvalue weighted by Gasteiger charge is -2.21. The predicted octanol–water partition coefficient (Wildman–Crippen LogP) is 1.60. The molecular weight excluding hydrogens is 246 g/mol. The summed E-state index contributed by atoms with van der Waals surface area (Å²) in [6.07, 6.45) is -0.804. The van der Waals surface area contributed by atoms with Crippen molar-refractivity contribution in [1.82, 2.24) is 5.32 Å². The molecule has 0 saturated heterocycles. The summed E-state index contributed by atoms with van der Waals surface area (Å²) in [5.74, 6) is -1.70. The van der Waals surface area contributed by atoms with Crippen LogP contribution in [0, 0.1) is 5.92 Å². The summed E-state index contributed by atoms with van der Waals surface area (Å²) in [6, 6.07) is 8.03. The van der Waals surface area contributed by atoms with Gasteiger partial charge >= 0.3 is 5.97 Å². The normalized spacial score (nSPS) is 13.9. The Morgan fingerprint density at radius 3 is 2.21 bits per heavy atom. The molecule has 0 aliphatic rings. The smallest absolute Gasteiger partial charge is 0.326 e. The Morgan fingerprint density at radius 2 is 1.79 bits per heavy atom. The topological polar surface area (TPSA) is 75.6 Å². The minimum absolute atomic E-state index is 0.199. The number of nitrogens with one attached hydrogen (secondary N) is 1. The fourth-order valence-corrected chi connectivity index (χ4v) is 1.76. The van der Waals surface area contributed by atoms with Gasteiger partial charge in [0.2, 0.25) is 0 Å². The average Bonchev–Trinajstić information content (AvgIpc) is 2.37. The van der Waals surface area contributed by atoms with E-state index in [1.807, 2.05) is 6.07 Å². The summed E-state index contributed by atoms with van der Waals surface area (Å²) < 4.78 is 5.15. The van der Waals surface area contributed by atoms with E-state index < -0.39 is 24.0 Å². The van der Waals surface area contributed by atoms with Crippen molar-refractivity contribution in [3.8, 4) is 0 Å². The zero-order valence-corrected chi connectivity index (χ0v) is 11.3. The quantitative estimate of drug-likeness (QED) is 0.819. The van der Waals surface area contributed by atoms with Crippen molar-refractivity contribution in [3.63, 3.8) is 0 Å². The summed E-state index contributed by atoms with van der Waals surface area (Å²) in [5, 5.41) is 11.6. The Balaban J connectivity index is 2.83. The zero-order chi connectivity index (χ0) is 14.4. The summed E-state index contributed by atoms with van der Waals surface area (Å²) in [6.45, 7) is 3.48. The molecule has 0 saturated carbocycles. The highest BCUT2D eigenvalue weighted by Gasteiger charge is 2.28. The number of amides is 1. The van der Waals surface area contributed by atoms with E-state index in [2.05, 4.69) is 5.32 Å². The number of aliphatic carboxylic acids is 1. The number of methoxy groups -OCH3 is 1. The molecule has 2 atom stereocenters. The average molecular weight is 265 g/mol. The number of carboxylic acids is 1. The number of carboxylic acid groups (broad SMARTS) is 1. The number of carbonyl (C=O) groups excluding carboxylic acids is 1. The van der Waals surface area contributed by atoms with Gasteiger partial charge in [-0.15, -0.1) is 0 Å². The van der Waals surface area contributed by atoms with Crippen LogP contribution < -0.4 is 5.32 Å². The summed E-state index contributed by atoms with van der Waals surface area (Å²) in [5.41, 5.74) is 0.690. The number of ether oxygens (including phenoxy) is 1. The first-order chi connectivity index (χ1) is 8.97. The van der Waals surface area contributed by atoms with Crippen LogP contribution in [-0.2, 0) is 14.3 Å². The van der Waals surface area contributed by atoms with Crippen molar-refractivity contribution in [2.45, 2.75) is 26.0 Å². The third kappa shape index (κ3) is 4.06. The molecule has 19 heavy (non-hydrogen) atoms. The molecule has 1 aromatic rings. The second kappa shape index (κ2) is 6.89. The number of hydrogen-bond acceptors (Lipinski definition) is 3. The maximum absolute atomic E-state index is 12.1. The molecule has 1 rings (SSSR count). The van der Waals surface area contributed by atoms with E-state index >= 15 is 0 Å². The van der Waals surface area contributed by atoms with Gasteiger partial charge in [0.25, 0.3) is 5.91 Å². The highest BCUT2D eigenvalue weighted by Crippen LogP contribution is 2.17. The number of hydrogen-bond donors (Lipinski definition) is 2. The molecule has 0 heterocycles. The highest BCUT2D eigenvalue weighted by molar-refractivity contribution is 5.87. The lowest BCUT2D eigenvalue weighted by molar-refractivity contribution is -0.145. The second-order valence-corrected chi connectivity index (χ2v) is 4.59. The van der Waals surface area contributed by atoms with Crippen LogP contribution in [0.4, 0.5) is 0 Å². The van der Waals surface area contributed by atoms with Gasteiger partial charge in [0.15, 0.2) is 6.10 Å². The second-order valence-electron chi connectivity index (χ2n) is 4.59. The van der Waals surface area contributed by atoms with Crippen LogP contribution >= 0.6 is 0 Å². The van der Waals surface area contributed by atoms with Gasteiger partial charge in [-0.25, -0.2) is 4.79 Å². The SMILES string of the molecule is COC(C(=O)N[C@@H](C(=O)O)C(C)C)c1ccccc1. The molecule has 0 aromatic heterocycles. The van der Waals surface area contributed by atoms with Crippen LogP contribution in [0.5, 0.6) is 0 Å². The van der Waals surface area contributed by atoms with Crippen LogP contribution in [0.1, 0.15) is 25.5 Å². The molecular formula is C14H19NO4. The fraction of sp³-hybridized carbons (Fsp3) is 0.429. The maximum Gasteiger partial charge on any atom is 0.326 e. The molecule has 104 valence electrons. The molecule has 2 N–H and O–H groups in total. The molecule has 0 bridgehead atoms. The minimum Gasteiger partial charge on any atom is -0.480 e. The van der Waals surface area contributed by atoms with Crippen molar-refractivity contribution < 1.29 is 19.4 Å². The van der Waals surface area contributed by atoms with Crippen molar-refractivity contribution in [2.24, 2.45) is 5.92 Å². The molecule has 1 unspecified atom stereocenters. The van der Waals surface area contributed by atoms with Gasteiger partial charge in [-0.1, -0.05) is 44.2 Å². The van der Waals surface area contributed by atoms with Crippen LogP contribution in [0.3, 0.4) is 0 Å². The molecule has 1 amide bonds. The van der Waals surface area contributed by atoms with Crippen LogP contribution in [-0.4, -0.2) is 30.1 Å². The first kappa shape index (κ1) is 15.2. The Labute approximate surface area is 112 Å². The van der Waals surface area contributed by atoms with E-state index in [1.165, 1.54) is 7.11 Å². The van der Waals surface area contributed by atoms with Gasteiger partial charge < -0.3 is 15.2 Å². The van der Waals surface area contributed by atoms with Crippen LogP contribution in [0.2, 0.25) is 0 Å². The van der Waals surface area contributed by atoms with Crippen molar-refractivity contribution >= 4 is 11.9 Å². The van der Waals surface area contributed by atoms with E-state index in [0.29, 0.717) is 5.56 Å². The third-order valence-electron chi connectivity index (χ3n) is 2.81. The maximum atomic E-state index is 12.1. The van der Waals surface area contributed by atoms with Crippen molar-refractivity contribution in [3.05, 3.63) is 35.9 Å². The fourth-order valence-electron chi connectivity index (χ4n) is 1.76. The summed E-state index contributed by atoms with van der Waals surface area (Å²) in [4.78, 5) is 23.2.